The molecule has 0 aliphatic heterocycles. The zero-order chi connectivity index (χ0) is 18.7. The van der Waals surface area contributed by atoms with Crippen LogP contribution >= 0.6 is 0 Å². The molecule has 0 fully saturated rings. The van der Waals surface area contributed by atoms with Crippen LogP contribution in [0.15, 0.2) is 51.9 Å². The molecule has 1 N–H and O–H groups in total. The van der Waals surface area contributed by atoms with Crippen LogP contribution in [0.2, 0.25) is 0 Å². The first-order chi connectivity index (χ1) is 12.5. The largest absolute Gasteiger partial charge is 0.467 e. The third kappa shape index (κ3) is 3.49. The Bertz CT molecular complexity index is 1010. The lowest BCUT2D eigenvalue weighted by Crippen LogP contribution is -2.36. The number of hydrogen-bond acceptors (Lipinski definition) is 6. The summed E-state index contributed by atoms with van der Waals surface area (Å²) in [6, 6.07) is 10.0. The molecule has 0 aliphatic rings. The van der Waals surface area contributed by atoms with Crippen LogP contribution < -0.4 is 10.9 Å². The number of nitrogens with zero attached hydrogens (tertiary/aromatic N) is 2. The highest BCUT2D eigenvalue weighted by molar-refractivity contribution is 6.02. The molecule has 0 saturated carbocycles. The summed E-state index contributed by atoms with van der Waals surface area (Å²) in [5, 5.41) is 7.33. The number of benzene rings is 1. The van der Waals surface area contributed by atoms with Gasteiger partial charge in [0.2, 0.25) is 0 Å². The topological polar surface area (TPSA) is 103 Å². The number of nitrogens with one attached hydrogen (secondary N) is 1. The lowest BCUT2D eigenvalue weighted by atomic mass is 10.1. The minimum atomic E-state index is -1.03. The van der Waals surface area contributed by atoms with Crippen LogP contribution in [-0.2, 0) is 23.1 Å². The van der Waals surface area contributed by atoms with Crippen molar-refractivity contribution in [3.05, 3.63) is 64.5 Å². The van der Waals surface area contributed by atoms with Crippen LogP contribution in [-0.4, -0.2) is 27.8 Å². The number of fused-ring (bicyclic) bond motifs is 1. The van der Waals surface area contributed by atoms with Crippen molar-refractivity contribution < 1.29 is 18.7 Å². The maximum absolute atomic E-state index is 12.5. The second kappa shape index (κ2) is 7.22. The number of rotatable bonds is 5. The number of aryl methyl sites for hydroxylation is 1. The van der Waals surface area contributed by atoms with E-state index in [0.29, 0.717) is 16.5 Å². The highest BCUT2D eigenvalue weighted by Crippen LogP contribution is 2.14. The van der Waals surface area contributed by atoms with Gasteiger partial charge in [-0.25, -0.2) is 9.48 Å². The molecule has 134 valence electrons. The number of amides is 1. The van der Waals surface area contributed by atoms with Crippen molar-refractivity contribution in [1.29, 1.82) is 0 Å². The molecule has 2 heterocycles. The van der Waals surface area contributed by atoms with E-state index < -0.39 is 18.0 Å². The second-order valence-corrected chi connectivity index (χ2v) is 5.67. The Labute approximate surface area is 148 Å². The molecular weight excluding hydrogens is 338 g/mol. The number of furan rings is 1. The Kier molecular flexibility index (Phi) is 4.83. The van der Waals surface area contributed by atoms with Gasteiger partial charge in [0.15, 0.2) is 11.8 Å². The predicted molar refractivity (Wildman–Crippen MR) is 92.4 cm³/mol. The molecule has 2 aromatic heterocycles. The van der Waals surface area contributed by atoms with E-state index in [2.05, 4.69) is 10.4 Å². The normalized spacial score (nSPS) is 11.9. The van der Waals surface area contributed by atoms with E-state index in [1.54, 1.807) is 36.4 Å². The van der Waals surface area contributed by atoms with Crippen LogP contribution in [0.4, 0.5) is 0 Å². The van der Waals surface area contributed by atoms with Crippen molar-refractivity contribution in [3.8, 4) is 0 Å². The van der Waals surface area contributed by atoms with Gasteiger partial charge in [-0.05, 0) is 25.1 Å². The Balaban J connectivity index is 1.75. The second-order valence-electron chi connectivity index (χ2n) is 5.67. The molecule has 26 heavy (non-hydrogen) atoms. The fourth-order valence-electron chi connectivity index (χ4n) is 2.45. The van der Waals surface area contributed by atoms with Crippen LogP contribution in [0.25, 0.3) is 10.8 Å². The molecule has 1 amide bonds. The first kappa shape index (κ1) is 17.4. The van der Waals surface area contributed by atoms with E-state index in [1.807, 2.05) is 0 Å². The molecule has 8 heteroatoms. The fourth-order valence-corrected chi connectivity index (χ4v) is 2.45. The van der Waals surface area contributed by atoms with E-state index in [9.17, 15) is 14.4 Å². The van der Waals surface area contributed by atoms with Crippen molar-refractivity contribution in [2.24, 2.45) is 7.05 Å². The van der Waals surface area contributed by atoms with Crippen molar-refractivity contribution in [3.63, 3.8) is 0 Å². The molecule has 0 bridgehead atoms. The quantitative estimate of drug-likeness (QED) is 0.694. The summed E-state index contributed by atoms with van der Waals surface area (Å²) in [4.78, 5) is 36.7. The molecule has 1 aromatic carbocycles. The molecule has 0 spiro atoms. The standard InChI is InChI=1S/C18H17N3O5/c1-11(16(22)19-10-12-6-5-9-25-12)26-18(24)15-13-7-3-4-8-14(13)17(23)21(2)20-15/h3-9,11H,10H2,1-2H3,(H,19,22). The van der Waals surface area contributed by atoms with Crippen LogP contribution in [0.1, 0.15) is 23.2 Å². The predicted octanol–water partition coefficient (Wildman–Crippen LogP) is 1.39. The first-order valence-electron chi connectivity index (χ1n) is 7.94. The lowest BCUT2D eigenvalue weighted by Gasteiger charge is -2.14. The van der Waals surface area contributed by atoms with Gasteiger partial charge in [-0.2, -0.15) is 5.10 Å². The van der Waals surface area contributed by atoms with E-state index in [-0.39, 0.29) is 17.8 Å². The van der Waals surface area contributed by atoms with Crippen molar-refractivity contribution in [1.82, 2.24) is 15.1 Å². The number of ether oxygens (including phenoxy) is 1. The number of esters is 1. The average molecular weight is 355 g/mol. The summed E-state index contributed by atoms with van der Waals surface area (Å²) in [5.41, 5.74) is -0.338. The molecule has 1 atom stereocenters. The molecule has 3 rings (SSSR count). The zero-order valence-electron chi connectivity index (χ0n) is 14.3. The van der Waals surface area contributed by atoms with Crippen molar-refractivity contribution >= 4 is 22.6 Å². The highest BCUT2D eigenvalue weighted by Gasteiger charge is 2.22. The monoisotopic (exact) mass is 355 g/mol. The number of hydrogen-bond donors (Lipinski definition) is 1. The molecule has 3 aromatic rings. The van der Waals surface area contributed by atoms with Crippen LogP contribution in [0.5, 0.6) is 0 Å². The number of aromatic nitrogens is 2. The SMILES string of the molecule is CC(OC(=O)c1nn(C)c(=O)c2ccccc12)C(=O)NCc1ccco1. The average Bonchev–Trinajstić information content (AvgIpc) is 3.16. The van der Waals surface area contributed by atoms with Crippen LogP contribution in [0.3, 0.4) is 0 Å². The van der Waals surface area contributed by atoms with Gasteiger partial charge in [-0.15, -0.1) is 0 Å². The maximum atomic E-state index is 12.5. The fraction of sp³-hybridized carbons (Fsp3) is 0.222. The highest BCUT2D eigenvalue weighted by atomic mass is 16.5. The minimum absolute atomic E-state index is 0.0200. The van der Waals surface area contributed by atoms with Crippen molar-refractivity contribution in [2.45, 2.75) is 19.6 Å². The molecule has 0 saturated heterocycles. The van der Waals surface area contributed by atoms with E-state index in [0.717, 1.165) is 4.68 Å². The van der Waals surface area contributed by atoms with E-state index >= 15 is 0 Å². The molecule has 1 unspecified atom stereocenters. The number of carbonyl (C=O) groups is 2. The van der Waals surface area contributed by atoms with Gasteiger partial charge in [0.05, 0.1) is 18.2 Å². The molecule has 0 aliphatic carbocycles. The van der Waals surface area contributed by atoms with Gasteiger partial charge in [-0.1, -0.05) is 18.2 Å². The Morgan fingerprint density at radius 3 is 2.65 bits per heavy atom. The Morgan fingerprint density at radius 2 is 1.96 bits per heavy atom. The van der Waals surface area contributed by atoms with Gasteiger partial charge in [0, 0.05) is 12.4 Å². The summed E-state index contributed by atoms with van der Waals surface area (Å²) in [6.07, 6.45) is 0.469. The molecule has 8 nitrogen and oxygen atoms in total. The van der Waals surface area contributed by atoms with Gasteiger partial charge in [0.25, 0.3) is 11.5 Å². The minimum Gasteiger partial charge on any atom is -0.467 e. The van der Waals surface area contributed by atoms with Crippen LogP contribution in [0, 0.1) is 0 Å². The Morgan fingerprint density at radius 1 is 1.23 bits per heavy atom. The smallest absolute Gasteiger partial charge is 0.360 e. The van der Waals surface area contributed by atoms with E-state index in [4.69, 9.17) is 9.15 Å². The summed E-state index contributed by atoms with van der Waals surface area (Å²) >= 11 is 0. The molecular formula is C18H17N3O5. The van der Waals surface area contributed by atoms with Gasteiger partial charge >= 0.3 is 5.97 Å². The van der Waals surface area contributed by atoms with Gasteiger partial charge in [0.1, 0.15) is 5.76 Å². The first-order valence-corrected chi connectivity index (χ1v) is 7.94. The lowest BCUT2D eigenvalue weighted by molar-refractivity contribution is -0.129. The number of carbonyl (C=O) groups excluding carboxylic acids is 2. The van der Waals surface area contributed by atoms with Gasteiger partial charge < -0.3 is 14.5 Å². The third-order valence-electron chi connectivity index (χ3n) is 3.82. The Hall–Kier alpha value is -3.42. The molecule has 0 radical (unpaired) electrons. The van der Waals surface area contributed by atoms with E-state index in [1.165, 1.54) is 20.2 Å². The third-order valence-corrected chi connectivity index (χ3v) is 3.82. The summed E-state index contributed by atoms with van der Waals surface area (Å²) < 4.78 is 11.4. The summed E-state index contributed by atoms with van der Waals surface area (Å²) in [5.74, 6) is -0.663. The zero-order valence-corrected chi connectivity index (χ0v) is 14.3. The maximum Gasteiger partial charge on any atom is 0.360 e. The summed E-state index contributed by atoms with van der Waals surface area (Å²) in [6.45, 7) is 1.65. The van der Waals surface area contributed by atoms with Crippen molar-refractivity contribution in [2.75, 3.05) is 0 Å². The van der Waals surface area contributed by atoms with Gasteiger partial charge in [-0.3, -0.25) is 9.59 Å². The summed E-state index contributed by atoms with van der Waals surface area (Å²) in [7, 11) is 1.45.